The fourth-order valence-corrected chi connectivity index (χ4v) is 4.59. The highest BCUT2D eigenvalue weighted by atomic mass is 19.2. The van der Waals surface area contributed by atoms with Gasteiger partial charge in [-0.25, -0.2) is 18.0 Å². The molecule has 0 heterocycles. The number of rotatable bonds is 9. The molecule has 7 heteroatoms. The third kappa shape index (κ3) is 6.16. The van der Waals surface area contributed by atoms with E-state index in [1.54, 1.807) is 36.4 Å². The topological polar surface area (TPSA) is 44.8 Å². The first-order valence-corrected chi connectivity index (χ1v) is 12.4. The zero-order chi connectivity index (χ0) is 26.4. The van der Waals surface area contributed by atoms with Gasteiger partial charge in [-0.1, -0.05) is 36.9 Å². The van der Waals surface area contributed by atoms with Crippen LogP contribution in [0.5, 0.6) is 11.5 Å². The minimum Gasteiger partial charge on any atom is -0.494 e. The van der Waals surface area contributed by atoms with Crippen molar-refractivity contribution in [2.45, 2.75) is 44.6 Å². The summed E-state index contributed by atoms with van der Waals surface area (Å²) in [5.74, 6) is -2.76. The Bertz CT molecular complexity index is 1250. The van der Waals surface area contributed by atoms with Gasteiger partial charge in [0.2, 0.25) is 0 Å². The van der Waals surface area contributed by atoms with Crippen molar-refractivity contribution < 1.29 is 32.2 Å². The Morgan fingerprint density at radius 3 is 2.32 bits per heavy atom. The number of esters is 1. The van der Waals surface area contributed by atoms with E-state index < -0.39 is 35.1 Å². The Kier molecular flexibility index (Phi) is 8.54. The molecular weight excluding hydrogens is 481 g/mol. The molecule has 0 amide bonds. The molecule has 0 N–H and O–H groups in total. The van der Waals surface area contributed by atoms with E-state index in [1.807, 2.05) is 13.0 Å². The van der Waals surface area contributed by atoms with E-state index in [-0.39, 0.29) is 23.8 Å². The summed E-state index contributed by atoms with van der Waals surface area (Å²) in [5.41, 5.74) is 0.929. The number of hydrogen-bond donors (Lipinski definition) is 0. The molecule has 4 nitrogen and oxygen atoms in total. The summed E-state index contributed by atoms with van der Waals surface area (Å²) in [7, 11) is 0. The van der Waals surface area contributed by atoms with Crippen LogP contribution in [0, 0.1) is 17.5 Å². The fourth-order valence-electron chi connectivity index (χ4n) is 4.59. The molecule has 4 rings (SSSR count). The van der Waals surface area contributed by atoms with Gasteiger partial charge in [-0.3, -0.25) is 0 Å². The van der Waals surface area contributed by atoms with Crippen LogP contribution in [0.3, 0.4) is 0 Å². The molecule has 1 aliphatic rings. The van der Waals surface area contributed by atoms with Gasteiger partial charge in [0.15, 0.2) is 23.2 Å². The van der Waals surface area contributed by atoms with Crippen LogP contribution < -0.4 is 9.47 Å². The van der Waals surface area contributed by atoms with Gasteiger partial charge in [0.25, 0.3) is 0 Å². The molecule has 3 aromatic rings. The van der Waals surface area contributed by atoms with Crippen LogP contribution in [0.25, 0.3) is 11.1 Å². The summed E-state index contributed by atoms with van der Waals surface area (Å²) in [4.78, 5) is 12.7. The lowest BCUT2D eigenvalue weighted by atomic mass is 9.82. The van der Waals surface area contributed by atoms with Gasteiger partial charge in [-0.05, 0) is 80.0 Å². The van der Waals surface area contributed by atoms with Crippen LogP contribution in [0.15, 0.2) is 67.3 Å². The lowest BCUT2D eigenvalue weighted by Gasteiger charge is -2.28. The number of benzene rings is 3. The Labute approximate surface area is 214 Å². The second-order valence-electron chi connectivity index (χ2n) is 8.91. The standard InChI is InChI=1S/C30H29F3O4/c1-3-17-36-27-16-9-21(18-26(27)31)19-5-12-23(13-6-19)37-30(34)25-15-14-24(28(32)29(25)33)20-7-10-22(11-8-20)35-4-2/h3,7-11,14-16,18-19,23H,1,4-6,12-13,17H2,2H3. The van der Waals surface area contributed by atoms with E-state index in [2.05, 4.69) is 6.58 Å². The fraction of sp³-hybridized carbons (Fsp3) is 0.300. The summed E-state index contributed by atoms with van der Waals surface area (Å²) in [6.07, 6.45) is 3.57. The predicted molar refractivity (Wildman–Crippen MR) is 135 cm³/mol. The molecule has 0 saturated heterocycles. The molecule has 0 unspecified atom stereocenters. The van der Waals surface area contributed by atoms with Gasteiger partial charge in [0.1, 0.15) is 18.5 Å². The molecule has 0 bridgehead atoms. The van der Waals surface area contributed by atoms with Crippen LogP contribution in [0.1, 0.15) is 54.4 Å². The molecule has 1 aliphatic carbocycles. The number of ether oxygens (including phenoxy) is 3. The molecule has 0 aliphatic heterocycles. The zero-order valence-electron chi connectivity index (χ0n) is 20.6. The van der Waals surface area contributed by atoms with Crippen molar-refractivity contribution in [1.82, 2.24) is 0 Å². The number of carbonyl (C=O) groups excluding carboxylic acids is 1. The Morgan fingerprint density at radius 2 is 1.68 bits per heavy atom. The third-order valence-corrected chi connectivity index (χ3v) is 6.51. The van der Waals surface area contributed by atoms with Crippen molar-refractivity contribution in [2.24, 2.45) is 0 Å². The van der Waals surface area contributed by atoms with Crippen molar-refractivity contribution in [2.75, 3.05) is 13.2 Å². The Balaban J connectivity index is 1.37. The SMILES string of the molecule is C=CCOc1ccc(C2CCC(OC(=O)c3ccc(-c4ccc(OCC)cc4)c(F)c3F)CC2)cc1F. The quantitative estimate of drug-likeness (QED) is 0.219. The summed E-state index contributed by atoms with van der Waals surface area (Å²) < 4.78 is 60.2. The predicted octanol–water partition coefficient (Wildman–Crippen LogP) is 7.62. The second kappa shape index (κ2) is 12.0. The van der Waals surface area contributed by atoms with E-state index in [4.69, 9.17) is 14.2 Å². The maximum absolute atomic E-state index is 14.8. The Morgan fingerprint density at radius 1 is 0.946 bits per heavy atom. The largest absolute Gasteiger partial charge is 0.494 e. The second-order valence-corrected chi connectivity index (χ2v) is 8.91. The van der Waals surface area contributed by atoms with E-state index in [1.165, 1.54) is 18.2 Å². The molecule has 0 atom stereocenters. The van der Waals surface area contributed by atoms with Gasteiger partial charge in [0.05, 0.1) is 12.2 Å². The molecule has 194 valence electrons. The summed E-state index contributed by atoms with van der Waals surface area (Å²) in [6.45, 7) is 6.13. The van der Waals surface area contributed by atoms with Gasteiger partial charge in [-0.2, -0.15) is 0 Å². The maximum atomic E-state index is 14.8. The summed E-state index contributed by atoms with van der Waals surface area (Å²) in [5, 5.41) is 0. The van der Waals surface area contributed by atoms with Crippen LogP contribution >= 0.6 is 0 Å². The molecule has 1 fully saturated rings. The highest BCUT2D eigenvalue weighted by Gasteiger charge is 2.28. The molecule has 3 aromatic carbocycles. The van der Waals surface area contributed by atoms with Gasteiger partial charge in [0, 0.05) is 5.56 Å². The number of hydrogen-bond acceptors (Lipinski definition) is 4. The first kappa shape index (κ1) is 26.3. The molecule has 37 heavy (non-hydrogen) atoms. The monoisotopic (exact) mass is 510 g/mol. The first-order valence-electron chi connectivity index (χ1n) is 12.4. The summed E-state index contributed by atoms with van der Waals surface area (Å²) >= 11 is 0. The van der Waals surface area contributed by atoms with Crippen molar-refractivity contribution in [3.63, 3.8) is 0 Å². The van der Waals surface area contributed by atoms with Gasteiger partial charge >= 0.3 is 5.97 Å². The lowest BCUT2D eigenvalue weighted by molar-refractivity contribution is 0.0189. The smallest absolute Gasteiger partial charge is 0.341 e. The maximum Gasteiger partial charge on any atom is 0.341 e. The third-order valence-electron chi connectivity index (χ3n) is 6.51. The van der Waals surface area contributed by atoms with Crippen LogP contribution in [0.2, 0.25) is 0 Å². The number of carbonyl (C=O) groups is 1. The zero-order valence-corrected chi connectivity index (χ0v) is 20.6. The molecule has 0 spiro atoms. The molecule has 0 aromatic heterocycles. The Hall–Kier alpha value is -3.74. The minimum absolute atomic E-state index is 0.0470. The molecule has 0 radical (unpaired) electrons. The van der Waals surface area contributed by atoms with E-state index in [0.29, 0.717) is 43.6 Å². The van der Waals surface area contributed by atoms with E-state index in [0.717, 1.165) is 5.56 Å². The minimum atomic E-state index is -1.24. The molecule has 1 saturated carbocycles. The van der Waals surface area contributed by atoms with Gasteiger partial charge in [-0.15, -0.1) is 0 Å². The van der Waals surface area contributed by atoms with E-state index in [9.17, 15) is 18.0 Å². The molecular formula is C30H29F3O4. The van der Waals surface area contributed by atoms with E-state index >= 15 is 0 Å². The average molecular weight is 511 g/mol. The summed E-state index contributed by atoms with van der Waals surface area (Å²) in [6, 6.07) is 14.1. The van der Waals surface area contributed by atoms with Crippen molar-refractivity contribution in [3.8, 4) is 22.6 Å². The normalized spacial score (nSPS) is 17.2. The highest BCUT2D eigenvalue weighted by molar-refractivity contribution is 5.90. The van der Waals surface area contributed by atoms with Crippen LogP contribution in [-0.2, 0) is 4.74 Å². The lowest BCUT2D eigenvalue weighted by Crippen LogP contribution is -2.24. The van der Waals surface area contributed by atoms with Crippen molar-refractivity contribution in [1.29, 1.82) is 0 Å². The van der Waals surface area contributed by atoms with Crippen molar-refractivity contribution in [3.05, 3.63) is 95.8 Å². The van der Waals surface area contributed by atoms with Crippen LogP contribution in [-0.4, -0.2) is 25.3 Å². The highest BCUT2D eigenvalue weighted by Crippen LogP contribution is 2.36. The first-order chi connectivity index (χ1) is 17.9. The van der Waals surface area contributed by atoms with Gasteiger partial charge < -0.3 is 14.2 Å². The average Bonchev–Trinajstić information content (AvgIpc) is 2.90. The van der Waals surface area contributed by atoms with Crippen LogP contribution in [0.4, 0.5) is 13.2 Å². The number of halogens is 3. The van der Waals surface area contributed by atoms with Crippen molar-refractivity contribution >= 4 is 5.97 Å².